The normalized spacial score (nSPS) is 17.7. The molecule has 2 saturated carbocycles. The van der Waals surface area contributed by atoms with E-state index in [1.54, 1.807) is 12.1 Å². The number of non-ortho nitro benzene ring substituents is 1. The summed E-state index contributed by atoms with van der Waals surface area (Å²) >= 11 is 0. The summed E-state index contributed by atoms with van der Waals surface area (Å²) in [6, 6.07) is 5.24. The van der Waals surface area contributed by atoms with Crippen molar-refractivity contribution in [2.45, 2.75) is 38.3 Å². The maximum absolute atomic E-state index is 10.9. The molecule has 1 aromatic rings. The fourth-order valence-corrected chi connectivity index (χ4v) is 2.10. The van der Waals surface area contributed by atoms with Crippen LogP contribution in [0, 0.1) is 16.0 Å². The Kier molecular flexibility index (Phi) is 4.36. The van der Waals surface area contributed by atoms with Crippen LogP contribution in [0.15, 0.2) is 18.2 Å². The zero-order valence-electron chi connectivity index (χ0n) is 11.9. The summed E-state index contributed by atoms with van der Waals surface area (Å²) in [4.78, 5) is 10.5. The van der Waals surface area contributed by atoms with E-state index < -0.39 is 0 Å². The molecule has 6 heteroatoms. The van der Waals surface area contributed by atoms with Crippen LogP contribution >= 0.6 is 0 Å². The van der Waals surface area contributed by atoms with Crippen molar-refractivity contribution in [1.82, 2.24) is 5.32 Å². The van der Waals surface area contributed by atoms with Gasteiger partial charge in [-0.05, 0) is 37.7 Å². The van der Waals surface area contributed by atoms with Crippen molar-refractivity contribution < 1.29 is 14.4 Å². The standard InChI is InChI=1S/C15H20N2O4/c18-17(19)14-5-6-15(21-10-20-9-11-1-2-11)12(7-14)8-16-13-3-4-13/h5-7,11,13,16H,1-4,8-10H2. The molecule has 2 fully saturated rings. The van der Waals surface area contributed by atoms with Crippen LogP contribution in [0.3, 0.4) is 0 Å². The summed E-state index contributed by atoms with van der Waals surface area (Å²) < 4.78 is 11.1. The highest BCUT2D eigenvalue weighted by Crippen LogP contribution is 2.29. The molecule has 3 rings (SSSR count). The van der Waals surface area contributed by atoms with Crippen LogP contribution < -0.4 is 10.1 Å². The Morgan fingerprint density at radius 2 is 2.10 bits per heavy atom. The number of nitro benzene ring substituents is 1. The summed E-state index contributed by atoms with van der Waals surface area (Å²) in [6.45, 7) is 1.53. The Bertz CT molecular complexity index is 512. The smallest absolute Gasteiger partial charge is 0.270 e. The first kappa shape index (κ1) is 14.3. The van der Waals surface area contributed by atoms with Crippen molar-refractivity contribution in [3.05, 3.63) is 33.9 Å². The molecule has 0 amide bonds. The molecule has 0 heterocycles. The van der Waals surface area contributed by atoms with Crippen LogP contribution in [0.2, 0.25) is 0 Å². The molecule has 6 nitrogen and oxygen atoms in total. The van der Waals surface area contributed by atoms with Gasteiger partial charge in [0, 0.05) is 30.3 Å². The van der Waals surface area contributed by atoms with Gasteiger partial charge in [-0.15, -0.1) is 0 Å². The quantitative estimate of drug-likeness (QED) is 0.328. The van der Waals surface area contributed by atoms with E-state index in [0.717, 1.165) is 12.2 Å². The Morgan fingerprint density at radius 3 is 2.76 bits per heavy atom. The molecule has 2 aliphatic rings. The van der Waals surface area contributed by atoms with E-state index in [1.807, 2.05) is 0 Å². The Morgan fingerprint density at radius 1 is 1.29 bits per heavy atom. The molecule has 0 aromatic heterocycles. The molecular formula is C15H20N2O4. The van der Waals surface area contributed by atoms with Gasteiger partial charge in [-0.25, -0.2) is 0 Å². The molecule has 114 valence electrons. The van der Waals surface area contributed by atoms with Gasteiger partial charge in [0.15, 0.2) is 6.79 Å². The Hall–Kier alpha value is -1.66. The minimum atomic E-state index is -0.381. The Labute approximate surface area is 123 Å². The zero-order valence-corrected chi connectivity index (χ0v) is 11.9. The summed E-state index contributed by atoms with van der Waals surface area (Å²) in [5.41, 5.74) is 0.903. The number of benzene rings is 1. The first-order chi connectivity index (χ1) is 10.2. The third-order valence-corrected chi connectivity index (χ3v) is 3.76. The highest BCUT2D eigenvalue weighted by Gasteiger charge is 2.22. The summed E-state index contributed by atoms with van der Waals surface area (Å²) in [7, 11) is 0. The fraction of sp³-hybridized carbons (Fsp3) is 0.600. The van der Waals surface area contributed by atoms with Crippen molar-refractivity contribution >= 4 is 5.69 Å². The van der Waals surface area contributed by atoms with E-state index in [4.69, 9.17) is 9.47 Å². The van der Waals surface area contributed by atoms with Crippen molar-refractivity contribution in [1.29, 1.82) is 0 Å². The lowest BCUT2D eigenvalue weighted by atomic mass is 10.1. The molecule has 21 heavy (non-hydrogen) atoms. The van der Waals surface area contributed by atoms with E-state index in [1.165, 1.54) is 31.7 Å². The van der Waals surface area contributed by atoms with E-state index in [2.05, 4.69) is 5.32 Å². The summed E-state index contributed by atoms with van der Waals surface area (Å²) in [5.74, 6) is 1.35. The lowest BCUT2D eigenvalue weighted by Gasteiger charge is -2.12. The van der Waals surface area contributed by atoms with Crippen LogP contribution in [0.5, 0.6) is 5.75 Å². The third kappa shape index (κ3) is 4.41. The minimum absolute atomic E-state index is 0.0915. The van der Waals surface area contributed by atoms with Crippen LogP contribution in [0.25, 0.3) is 0 Å². The van der Waals surface area contributed by atoms with E-state index in [0.29, 0.717) is 24.3 Å². The van der Waals surface area contributed by atoms with Crippen LogP contribution in [0.1, 0.15) is 31.2 Å². The molecular weight excluding hydrogens is 272 g/mol. The monoisotopic (exact) mass is 292 g/mol. The predicted octanol–water partition coefficient (Wildman–Crippen LogP) is 2.61. The average molecular weight is 292 g/mol. The molecule has 0 saturated heterocycles. The van der Waals surface area contributed by atoms with Gasteiger partial charge >= 0.3 is 0 Å². The lowest BCUT2D eigenvalue weighted by molar-refractivity contribution is -0.384. The summed E-state index contributed by atoms with van der Waals surface area (Å²) in [5, 5.41) is 14.2. The topological polar surface area (TPSA) is 73.6 Å². The highest BCUT2D eigenvalue weighted by molar-refractivity contribution is 5.43. The van der Waals surface area contributed by atoms with Crippen LogP contribution in [-0.4, -0.2) is 24.4 Å². The first-order valence-electron chi connectivity index (χ1n) is 7.43. The highest BCUT2D eigenvalue weighted by atomic mass is 16.7. The molecule has 1 aromatic carbocycles. The number of ether oxygens (including phenoxy) is 2. The van der Waals surface area contributed by atoms with E-state index in [9.17, 15) is 10.1 Å². The first-order valence-corrected chi connectivity index (χ1v) is 7.43. The lowest BCUT2D eigenvalue weighted by Crippen LogP contribution is -2.16. The van der Waals surface area contributed by atoms with Gasteiger partial charge in [0.2, 0.25) is 0 Å². The molecule has 0 aliphatic heterocycles. The van der Waals surface area contributed by atoms with E-state index in [-0.39, 0.29) is 17.4 Å². The number of rotatable bonds is 9. The van der Waals surface area contributed by atoms with Crippen molar-refractivity contribution in [3.8, 4) is 5.75 Å². The second-order valence-electron chi connectivity index (χ2n) is 5.78. The second-order valence-corrected chi connectivity index (χ2v) is 5.78. The molecule has 0 unspecified atom stereocenters. The molecule has 0 bridgehead atoms. The fourth-order valence-electron chi connectivity index (χ4n) is 2.10. The van der Waals surface area contributed by atoms with Crippen LogP contribution in [0.4, 0.5) is 5.69 Å². The molecule has 0 atom stereocenters. The van der Waals surface area contributed by atoms with Crippen molar-refractivity contribution in [2.75, 3.05) is 13.4 Å². The SMILES string of the molecule is O=[N+]([O-])c1ccc(OCOCC2CC2)c(CNC2CC2)c1. The zero-order chi connectivity index (χ0) is 14.7. The largest absolute Gasteiger partial charge is 0.467 e. The van der Waals surface area contributed by atoms with Gasteiger partial charge in [-0.3, -0.25) is 10.1 Å². The molecule has 1 N–H and O–H groups in total. The number of hydrogen-bond acceptors (Lipinski definition) is 5. The van der Waals surface area contributed by atoms with Gasteiger partial charge in [0.1, 0.15) is 5.75 Å². The van der Waals surface area contributed by atoms with Crippen LogP contribution in [-0.2, 0) is 11.3 Å². The summed E-state index contributed by atoms with van der Waals surface area (Å²) in [6.07, 6.45) is 4.84. The molecule has 2 aliphatic carbocycles. The number of nitrogens with one attached hydrogen (secondary N) is 1. The van der Waals surface area contributed by atoms with Gasteiger partial charge in [0.05, 0.1) is 11.5 Å². The molecule has 0 spiro atoms. The minimum Gasteiger partial charge on any atom is -0.467 e. The maximum atomic E-state index is 10.9. The number of hydrogen-bond donors (Lipinski definition) is 1. The Balaban J connectivity index is 1.59. The van der Waals surface area contributed by atoms with Crippen molar-refractivity contribution in [3.63, 3.8) is 0 Å². The number of nitro groups is 1. The average Bonchev–Trinajstić information content (AvgIpc) is 3.36. The van der Waals surface area contributed by atoms with Gasteiger partial charge < -0.3 is 14.8 Å². The third-order valence-electron chi connectivity index (χ3n) is 3.76. The van der Waals surface area contributed by atoms with Gasteiger partial charge in [0.25, 0.3) is 5.69 Å². The second kappa shape index (κ2) is 6.41. The maximum Gasteiger partial charge on any atom is 0.270 e. The van der Waals surface area contributed by atoms with E-state index >= 15 is 0 Å². The van der Waals surface area contributed by atoms with Crippen molar-refractivity contribution in [2.24, 2.45) is 5.92 Å². The predicted molar refractivity (Wildman–Crippen MR) is 77.1 cm³/mol. The number of nitrogens with zero attached hydrogens (tertiary/aromatic N) is 1. The van der Waals surface area contributed by atoms with Gasteiger partial charge in [-0.1, -0.05) is 0 Å². The molecule has 0 radical (unpaired) electrons. The van der Waals surface area contributed by atoms with Gasteiger partial charge in [-0.2, -0.15) is 0 Å².